The minimum absolute atomic E-state index is 0.163. The van der Waals surface area contributed by atoms with Gasteiger partial charge in [0, 0.05) is 12.6 Å². The molecule has 1 heterocycles. The largest absolute Gasteiger partial charge is 0.363 e. The van der Waals surface area contributed by atoms with E-state index in [0.717, 1.165) is 0 Å². The highest BCUT2D eigenvalue weighted by Crippen LogP contribution is 2.02. The van der Waals surface area contributed by atoms with Crippen LogP contribution in [0.3, 0.4) is 0 Å². The van der Waals surface area contributed by atoms with Gasteiger partial charge in [-0.1, -0.05) is 12.1 Å². The summed E-state index contributed by atoms with van der Waals surface area (Å²) in [6.45, 7) is 2.01. The fourth-order valence-electron chi connectivity index (χ4n) is 0.629. The molecule has 7 heteroatoms. The molecule has 1 rings (SSSR count). The van der Waals surface area contributed by atoms with Gasteiger partial charge < -0.3 is 4.52 Å². The lowest BCUT2D eigenvalue weighted by Gasteiger charge is -2.02. The zero-order valence-corrected chi connectivity index (χ0v) is 7.26. The van der Waals surface area contributed by atoms with Crippen LogP contribution >= 0.6 is 0 Å². The molecule has 0 saturated carbocycles. The van der Waals surface area contributed by atoms with Crippen molar-refractivity contribution in [2.75, 3.05) is 11.3 Å². The molecule has 1 aromatic rings. The van der Waals surface area contributed by atoms with E-state index in [-0.39, 0.29) is 5.82 Å². The average molecular weight is 191 g/mol. The molecule has 0 aliphatic rings. The van der Waals surface area contributed by atoms with Crippen molar-refractivity contribution in [2.24, 2.45) is 0 Å². The van der Waals surface area contributed by atoms with Crippen LogP contribution in [0.1, 0.15) is 6.92 Å². The summed E-state index contributed by atoms with van der Waals surface area (Å²) in [4.78, 5) is 0. The number of nitrogens with zero attached hydrogens (tertiary/aromatic N) is 1. The molecule has 0 amide bonds. The second kappa shape index (κ2) is 3.55. The first-order valence-corrected chi connectivity index (χ1v) is 4.80. The summed E-state index contributed by atoms with van der Waals surface area (Å²) < 4.78 is 30.8. The Morgan fingerprint density at radius 3 is 2.92 bits per heavy atom. The predicted octanol–water partition coefficient (Wildman–Crippen LogP) is -0.0592. The van der Waals surface area contributed by atoms with Crippen LogP contribution in [0.2, 0.25) is 0 Å². The summed E-state index contributed by atoms with van der Waals surface area (Å²) in [5.74, 6) is 0.163. The molecule has 0 atom stereocenters. The van der Waals surface area contributed by atoms with Crippen LogP contribution < -0.4 is 9.44 Å². The Balaban J connectivity index is 2.63. The molecule has 0 radical (unpaired) electrons. The first-order valence-electron chi connectivity index (χ1n) is 3.32. The Hall–Kier alpha value is -1.08. The third-order valence-electron chi connectivity index (χ3n) is 1.01. The van der Waals surface area contributed by atoms with Gasteiger partial charge in [-0.15, -0.1) is 0 Å². The van der Waals surface area contributed by atoms with E-state index in [9.17, 15) is 8.42 Å². The lowest BCUT2D eigenvalue weighted by Crippen LogP contribution is -2.29. The molecule has 68 valence electrons. The number of hydrogen-bond acceptors (Lipinski definition) is 4. The molecule has 0 aliphatic heterocycles. The second-order valence-electron chi connectivity index (χ2n) is 1.99. The minimum atomic E-state index is -3.48. The Morgan fingerprint density at radius 2 is 2.42 bits per heavy atom. The second-order valence-corrected chi connectivity index (χ2v) is 3.49. The quantitative estimate of drug-likeness (QED) is 0.698. The Labute approximate surface area is 70.1 Å². The number of rotatable bonds is 4. The summed E-state index contributed by atoms with van der Waals surface area (Å²) >= 11 is 0. The molecule has 2 N–H and O–H groups in total. The highest BCUT2D eigenvalue weighted by Gasteiger charge is 2.08. The third kappa shape index (κ3) is 2.51. The normalized spacial score (nSPS) is 11.4. The van der Waals surface area contributed by atoms with Crippen molar-refractivity contribution in [3.8, 4) is 0 Å². The molecule has 0 bridgehead atoms. The van der Waals surface area contributed by atoms with Crippen LogP contribution in [0.4, 0.5) is 5.82 Å². The maximum absolute atomic E-state index is 11.0. The molecule has 0 saturated heterocycles. The van der Waals surface area contributed by atoms with E-state index in [1.165, 1.54) is 12.3 Å². The van der Waals surface area contributed by atoms with Gasteiger partial charge in [-0.3, -0.25) is 4.72 Å². The fourth-order valence-corrected chi connectivity index (χ4v) is 1.46. The third-order valence-corrected chi connectivity index (χ3v) is 2.16. The number of hydrogen-bond donors (Lipinski definition) is 2. The topological polar surface area (TPSA) is 84.2 Å². The van der Waals surface area contributed by atoms with Gasteiger partial charge in [-0.05, 0) is 0 Å². The summed E-state index contributed by atoms with van der Waals surface area (Å²) in [6.07, 6.45) is 1.28. The van der Waals surface area contributed by atoms with Crippen molar-refractivity contribution < 1.29 is 12.9 Å². The van der Waals surface area contributed by atoms with Gasteiger partial charge in [-0.2, -0.15) is 13.1 Å². The molecular formula is C5H9N3O3S. The fraction of sp³-hybridized carbons (Fsp3) is 0.400. The number of anilines is 1. The molecule has 0 aromatic carbocycles. The van der Waals surface area contributed by atoms with Crippen LogP contribution in [-0.2, 0) is 10.2 Å². The minimum Gasteiger partial charge on any atom is -0.363 e. The van der Waals surface area contributed by atoms with E-state index in [1.54, 1.807) is 6.92 Å². The highest BCUT2D eigenvalue weighted by molar-refractivity contribution is 7.90. The first-order chi connectivity index (χ1) is 5.64. The predicted molar refractivity (Wildman–Crippen MR) is 42.7 cm³/mol. The van der Waals surface area contributed by atoms with E-state index in [4.69, 9.17) is 0 Å². The lowest BCUT2D eigenvalue weighted by atomic mass is 10.7. The van der Waals surface area contributed by atoms with Crippen molar-refractivity contribution in [3.05, 3.63) is 12.3 Å². The van der Waals surface area contributed by atoms with E-state index in [2.05, 4.69) is 19.1 Å². The van der Waals surface area contributed by atoms with E-state index >= 15 is 0 Å². The van der Waals surface area contributed by atoms with Crippen LogP contribution in [-0.4, -0.2) is 20.1 Å². The molecule has 0 fully saturated rings. The number of nitrogens with one attached hydrogen (secondary N) is 2. The monoisotopic (exact) mass is 191 g/mol. The zero-order chi connectivity index (χ0) is 9.03. The molecule has 6 nitrogen and oxygen atoms in total. The Kier molecular flexibility index (Phi) is 2.66. The van der Waals surface area contributed by atoms with E-state index in [0.29, 0.717) is 6.54 Å². The van der Waals surface area contributed by atoms with Crippen molar-refractivity contribution in [2.45, 2.75) is 6.92 Å². The van der Waals surface area contributed by atoms with Gasteiger partial charge in [0.25, 0.3) is 10.2 Å². The molecule has 12 heavy (non-hydrogen) atoms. The van der Waals surface area contributed by atoms with Gasteiger partial charge in [0.05, 0.1) is 0 Å². The van der Waals surface area contributed by atoms with Gasteiger partial charge in [0.15, 0.2) is 5.82 Å². The van der Waals surface area contributed by atoms with Gasteiger partial charge in [0.1, 0.15) is 6.26 Å². The number of aromatic nitrogens is 1. The highest BCUT2D eigenvalue weighted by atomic mass is 32.2. The van der Waals surface area contributed by atoms with Crippen LogP contribution in [0, 0.1) is 0 Å². The van der Waals surface area contributed by atoms with Crippen molar-refractivity contribution in [3.63, 3.8) is 0 Å². The van der Waals surface area contributed by atoms with E-state index < -0.39 is 10.2 Å². The standard InChI is InChI=1S/C5H9N3O3S/c1-2-6-12(9,10)8-5-3-4-11-7-5/h3-4,6H,2H2,1H3,(H,7,8). The molecule has 0 unspecified atom stereocenters. The lowest BCUT2D eigenvalue weighted by molar-refractivity contribution is 0.423. The van der Waals surface area contributed by atoms with Gasteiger partial charge in [0.2, 0.25) is 0 Å². The maximum atomic E-state index is 11.0. The van der Waals surface area contributed by atoms with Crippen molar-refractivity contribution >= 4 is 16.0 Å². The summed E-state index contributed by atoms with van der Waals surface area (Å²) in [5.41, 5.74) is 0. The SMILES string of the molecule is CCNS(=O)(=O)Nc1ccon1. The van der Waals surface area contributed by atoms with E-state index in [1.807, 2.05) is 0 Å². The van der Waals surface area contributed by atoms with Gasteiger partial charge in [-0.25, -0.2) is 0 Å². The van der Waals surface area contributed by atoms with Crippen LogP contribution in [0.15, 0.2) is 16.9 Å². The zero-order valence-electron chi connectivity index (χ0n) is 6.44. The van der Waals surface area contributed by atoms with Crippen LogP contribution in [0.5, 0.6) is 0 Å². The average Bonchev–Trinajstić information content (AvgIpc) is 2.38. The van der Waals surface area contributed by atoms with Crippen molar-refractivity contribution in [1.29, 1.82) is 0 Å². The molecule has 0 spiro atoms. The summed E-state index contributed by atoms with van der Waals surface area (Å²) in [6, 6.07) is 1.41. The van der Waals surface area contributed by atoms with Gasteiger partial charge >= 0.3 is 0 Å². The Morgan fingerprint density at radius 1 is 1.67 bits per heavy atom. The summed E-state index contributed by atoms with van der Waals surface area (Å²) in [5, 5.41) is 3.38. The summed E-state index contributed by atoms with van der Waals surface area (Å²) in [7, 11) is -3.48. The van der Waals surface area contributed by atoms with Crippen molar-refractivity contribution in [1.82, 2.24) is 9.88 Å². The molecular weight excluding hydrogens is 182 g/mol. The molecule has 1 aromatic heterocycles. The van der Waals surface area contributed by atoms with Crippen LogP contribution in [0.25, 0.3) is 0 Å². The maximum Gasteiger partial charge on any atom is 0.300 e. The first kappa shape index (κ1) is 9.01. The molecule has 0 aliphatic carbocycles. The smallest absolute Gasteiger partial charge is 0.300 e. The Bertz CT molecular complexity index is 318.